The van der Waals surface area contributed by atoms with Gasteiger partial charge in [0.25, 0.3) is 0 Å². The summed E-state index contributed by atoms with van der Waals surface area (Å²) < 4.78 is 0. The Kier molecular flexibility index (Phi) is 7.47. The van der Waals surface area contributed by atoms with Gasteiger partial charge in [0.05, 0.1) is 0 Å². The van der Waals surface area contributed by atoms with E-state index in [1.165, 1.54) is 15.9 Å². The van der Waals surface area contributed by atoms with Crippen LogP contribution in [-0.2, 0) is 18.8 Å². The van der Waals surface area contributed by atoms with Gasteiger partial charge in [-0.05, 0) is 0 Å². The first-order valence-corrected chi connectivity index (χ1v) is 12.3. The van der Waals surface area contributed by atoms with E-state index in [-0.39, 0.29) is 6.35 Å². The Morgan fingerprint density at radius 3 is 1.09 bits per heavy atom. The molecule has 0 unspecified atom stereocenters. The van der Waals surface area contributed by atoms with Gasteiger partial charge < -0.3 is 0 Å². The number of halogens is 1. The van der Waals surface area contributed by atoms with E-state index in [1.807, 2.05) is 18.2 Å². The van der Waals surface area contributed by atoms with E-state index in [9.17, 15) is 5.11 Å². The van der Waals surface area contributed by atoms with Crippen molar-refractivity contribution in [2.24, 2.45) is 0 Å². The molecule has 0 aliphatic rings. The molecular formula is C19H19ClOPPt. The Bertz CT molecular complexity index is 596. The summed E-state index contributed by atoms with van der Waals surface area (Å²) in [5, 5.41) is 14.1. The van der Waals surface area contributed by atoms with Crippen LogP contribution in [0.4, 0.5) is 0 Å². The van der Waals surface area contributed by atoms with E-state index in [0.29, 0.717) is 0 Å². The summed E-state index contributed by atoms with van der Waals surface area (Å²) in [6, 6.07) is 31.2. The van der Waals surface area contributed by atoms with Gasteiger partial charge in [-0.1, -0.05) is 0 Å². The van der Waals surface area contributed by atoms with E-state index in [1.54, 1.807) is 18.8 Å². The van der Waals surface area contributed by atoms with E-state index >= 15 is 0 Å². The van der Waals surface area contributed by atoms with E-state index in [2.05, 4.69) is 82.2 Å². The van der Waals surface area contributed by atoms with E-state index < -0.39 is 7.26 Å². The Labute approximate surface area is 153 Å². The van der Waals surface area contributed by atoms with Gasteiger partial charge in [-0.15, -0.1) is 0 Å². The maximum atomic E-state index is 10.4. The van der Waals surface area contributed by atoms with Gasteiger partial charge in [-0.2, -0.15) is 0 Å². The van der Waals surface area contributed by atoms with Crippen LogP contribution in [0.1, 0.15) is 0 Å². The van der Waals surface area contributed by atoms with E-state index in [4.69, 9.17) is 0 Å². The van der Waals surface area contributed by atoms with Crippen LogP contribution in [0, 0.1) is 0 Å². The molecule has 0 aliphatic carbocycles. The Hall–Kier alpha value is -0.972. The molecule has 0 bridgehead atoms. The van der Waals surface area contributed by atoms with Gasteiger partial charge >= 0.3 is 154 Å². The number of hydrogen-bond donors (Lipinski definition) is 1. The zero-order valence-corrected chi connectivity index (χ0v) is 16.5. The second-order valence-electron chi connectivity index (χ2n) is 5.16. The summed E-state index contributed by atoms with van der Waals surface area (Å²) in [4.78, 5) is 0. The third-order valence-corrected chi connectivity index (χ3v) is 8.47. The molecule has 1 nitrogen and oxygen atoms in total. The van der Waals surface area contributed by atoms with Crippen LogP contribution in [0.2, 0.25) is 0 Å². The van der Waals surface area contributed by atoms with Crippen LogP contribution >= 0.6 is 16.7 Å². The summed E-state index contributed by atoms with van der Waals surface area (Å²) in [5.74, 6) is 0. The molecule has 4 heteroatoms. The topological polar surface area (TPSA) is 20.2 Å². The zero-order valence-electron chi connectivity index (χ0n) is 12.5. The standard InChI is InChI=1S/C19H19OP.ClH.Pt/c20-16-21(17-10-4-1-5-11-17,18-12-6-2-7-13-18)19-14-8-3-9-15-19;;/h1-15,20-21H,16H2;1H;/q;;+1/p-1. The number of aliphatic hydroxyl groups excluding tert-OH is 1. The van der Waals surface area contributed by atoms with Gasteiger partial charge in [0, 0.05) is 0 Å². The molecule has 123 valence electrons. The minimum atomic E-state index is -2.34. The zero-order chi connectivity index (χ0) is 16.5. The van der Waals surface area contributed by atoms with Crippen molar-refractivity contribution in [3.63, 3.8) is 0 Å². The predicted molar refractivity (Wildman–Crippen MR) is 99.5 cm³/mol. The van der Waals surface area contributed by atoms with Crippen molar-refractivity contribution in [2.75, 3.05) is 6.35 Å². The number of aliphatic hydroxyl groups is 1. The summed E-state index contributed by atoms with van der Waals surface area (Å²) in [7, 11) is 2.27. The molecule has 0 saturated carbocycles. The van der Waals surface area contributed by atoms with Crippen LogP contribution < -0.4 is 15.9 Å². The molecule has 1 N–H and O–H groups in total. The quantitative estimate of drug-likeness (QED) is 0.519. The van der Waals surface area contributed by atoms with Crippen molar-refractivity contribution < 1.29 is 23.9 Å². The molecule has 0 fully saturated rings. The molecule has 0 aliphatic heterocycles. The average molecular weight is 525 g/mol. The van der Waals surface area contributed by atoms with Crippen LogP contribution in [0.15, 0.2) is 91.0 Å². The summed E-state index contributed by atoms with van der Waals surface area (Å²) in [6.07, 6.45) is 0.172. The normalized spacial score (nSPS) is 11.3. The average Bonchev–Trinajstić information content (AvgIpc) is 2.67. The minimum absolute atomic E-state index is 0.172. The molecule has 3 aromatic carbocycles. The molecular weight excluding hydrogens is 506 g/mol. The van der Waals surface area contributed by atoms with Crippen molar-refractivity contribution in [1.29, 1.82) is 0 Å². The van der Waals surface area contributed by atoms with Crippen molar-refractivity contribution in [2.45, 2.75) is 0 Å². The molecule has 0 aromatic heterocycles. The second-order valence-corrected chi connectivity index (χ2v) is 9.02. The molecule has 3 aromatic rings. The fourth-order valence-electron chi connectivity index (χ4n) is 2.94. The van der Waals surface area contributed by atoms with Crippen LogP contribution in [-0.4, -0.2) is 11.5 Å². The third-order valence-electron chi connectivity index (χ3n) is 4.04. The fourth-order valence-corrected chi connectivity index (χ4v) is 6.77. The van der Waals surface area contributed by atoms with Crippen LogP contribution in [0.3, 0.4) is 0 Å². The third kappa shape index (κ3) is 3.93. The molecule has 23 heavy (non-hydrogen) atoms. The first-order chi connectivity index (χ1) is 11.4. The molecule has 0 amide bonds. The van der Waals surface area contributed by atoms with Gasteiger partial charge in [0.2, 0.25) is 0 Å². The van der Waals surface area contributed by atoms with Crippen molar-refractivity contribution >= 4 is 32.6 Å². The molecule has 0 atom stereocenters. The fraction of sp³-hybridized carbons (Fsp3) is 0.0526. The summed E-state index contributed by atoms with van der Waals surface area (Å²) in [5.41, 5.74) is 0. The van der Waals surface area contributed by atoms with Crippen LogP contribution in [0.5, 0.6) is 0 Å². The Balaban J connectivity index is 0.000000924. The predicted octanol–water partition coefficient (Wildman–Crippen LogP) is 3.35. The second kappa shape index (κ2) is 9.35. The van der Waals surface area contributed by atoms with E-state index in [0.717, 1.165) is 0 Å². The monoisotopic (exact) mass is 524 g/mol. The summed E-state index contributed by atoms with van der Waals surface area (Å²) >= 11 is 1.61. The SMILES string of the molecule is OC[PH](c1ccccc1)(c1ccccc1)c1ccccc1.[Cl][Pt]. The van der Waals surface area contributed by atoms with Crippen molar-refractivity contribution in [3.8, 4) is 0 Å². The van der Waals surface area contributed by atoms with Crippen molar-refractivity contribution in [3.05, 3.63) is 91.0 Å². The Morgan fingerprint density at radius 2 is 0.870 bits per heavy atom. The first kappa shape index (κ1) is 18.4. The number of benzene rings is 3. The molecule has 0 heterocycles. The molecule has 0 saturated heterocycles. The van der Waals surface area contributed by atoms with Gasteiger partial charge in [0.15, 0.2) is 0 Å². The van der Waals surface area contributed by atoms with Crippen molar-refractivity contribution in [1.82, 2.24) is 0 Å². The van der Waals surface area contributed by atoms with Gasteiger partial charge in [-0.25, -0.2) is 0 Å². The van der Waals surface area contributed by atoms with Gasteiger partial charge in [0.1, 0.15) is 0 Å². The van der Waals surface area contributed by atoms with Crippen LogP contribution in [0.25, 0.3) is 0 Å². The number of rotatable bonds is 4. The molecule has 0 spiro atoms. The number of hydrogen-bond acceptors (Lipinski definition) is 1. The molecule has 3 rings (SSSR count). The van der Waals surface area contributed by atoms with Gasteiger partial charge in [-0.3, -0.25) is 0 Å². The summed E-state index contributed by atoms with van der Waals surface area (Å²) in [6.45, 7) is 0. The molecule has 0 radical (unpaired) electrons. The maximum absolute atomic E-state index is 10.4. The Morgan fingerprint density at radius 1 is 0.609 bits per heavy atom. The first-order valence-electron chi connectivity index (χ1n) is 7.27.